The summed E-state index contributed by atoms with van der Waals surface area (Å²) >= 11 is 0. The minimum atomic E-state index is -7.10. The summed E-state index contributed by atoms with van der Waals surface area (Å²) in [7, 11) is 0. The second-order valence-electron chi connectivity index (χ2n) is 2.95. The van der Waals surface area contributed by atoms with Gasteiger partial charge in [0.1, 0.15) is 0 Å². The van der Waals surface area contributed by atoms with Gasteiger partial charge in [0.05, 0.1) is 0 Å². The van der Waals surface area contributed by atoms with Gasteiger partial charge in [0.2, 0.25) is 0 Å². The SMILES string of the molecule is FC(F)=C(C(F)(F)F)C(F)(F)N(C(F)(F)F)C(F)(F)F. The molecule has 0 amide bonds. The van der Waals surface area contributed by atoms with E-state index in [1.807, 2.05) is 0 Å². The van der Waals surface area contributed by atoms with Crippen molar-refractivity contribution in [2.24, 2.45) is 0 Å². The van der Waals surface area contributed by atoms with Gasteiger partial charge in [-0.2, -0.15) is 57.1 Å². The Bertz CT molecular complexity index is 363. The number of nitrogens with zero attached hydrogens (tertiary/aromatic N) is 1. The zero-order chi connectivity index (χ0) is 16.7. The second-order valence-corrected chi connectivity index (χ2v) is 2.95. The fraction of sp³-hybridized carbons (Fsp3) is 0.667. The highest BCUT2D eigenvalue weighted by molar-refractivity contribution is 5.19. The number of hydrogen-bond donors (Lipinski definition) is 0. The lowest BCUT2D eigenvalue weighted by molar-refractivity contribution is -0.435. The Morgan fingerprint density at radius 1 is 0.600 bits per heavy atom. The van der Waals surface area contributed by atoms with Gasteiger partial charge in [-0.15, -0.1) is 0 Å². The van der Waals surface area contributed by atoms with E-state index in [4.69, 9.17) is 0 Å². The van der Waals surface area contributed by atoms with Crippen LogP contribution in [0.4, 0.5) is 57.1 Å². The average Bonchev–Trinajstić information content (AvgIpc) is 1.87. The highest BCUT2D eigenvalue weighted by Gasteiger charge is 2.71. The van der Waals surface area contributed by atoms with Crippen LogP contribution in [0.3, 0.4) is 0 Å². The van der Waals surface area contributed by atoms with Gasteiger partial charge in [-0.05, 0) is 0 Å². The molecule has 0 rings (SSSR count). The van der Waals surface area contributed by atoms with Crippen molar-refractivity contribution in [3.8, 4) is 0 Å². The highest BCUT2D eigenvalue weighted by atomic mass is 19.4. The molecule has 0 aliphatic carbocycles. The maximum absolute atomic E-state index is 12.7. The van der Waals surface area contributed by atoms with E-state index < -0.39 is 41.4 Å². The van der Waals surface area contributed by atoms with E-state index in [0.29, 0.717) is 0 Å². The molecular formula is C6F13N. The summed E-state index contributed by atoms with van der Waals surface area (Å²) in [4.78, 5) is -3.87. The fourth-order valence-electron chi connectivity index (χ4n) is 0.965. The molecule has 14 heteroatoms. The van der Waals surface area contributed by atoms with Gasteiger partial charge in [-0.1, -0.05) is 4.90 Å². The molecule has 0 radical (unpaired) electrons. The van der Waals surface area contributed by atoms with E-state index in [0.717, 1.165) is 0 Å². The quantitative estimate of drug-likeness (QED) is 0.526. The summed E-state index contributed by atoms with van der Waals surface area (Å²) < 4.78 is 155. The molecule has 20 heavy (non-hydrogen) atoms. The van der Waals surface area contributed by atoms with E-state index in [2.05, 4.69) is 0 Å². The normalized spacial score (nSPS) is 14.7. The van der Waals surface area contributed by atoms with E-state index in [-0.39, 0.29) is 0 Å². The lowest BCUT2D eigenvalue weighted by Gasteiger charge is -2.34. The van der Waals surface area contributed by atoms with Crippen molar-refractivity contribution in [3.05, 3.63) is 11.7 Å². The van der Waals surface area contributed by atoms with Crippen LogP contribution in [0.5, 0.6) is 0 Å². The lowest BCUT2D eigenvalue weighted by Crippen LogP contribution is -2.60. The van der Waals surface area contributed by atoms with Crippen molar-refractivity contribution in [3.63, 3.8) is 0 Å². The standard InChI is InChI=1S/C6F13N/c7-2(8)1(3(9,10)11)4(12,13)20(5(14,15)16)6(17,18)19. The summed E-state index contributed by atoms with van der Waals surface area (Å²) in [6, 6.07) is -7.10. The molecule has 0 saturated carbocycles. The van der Waals surface area contributed by atoms with Gasteiger partial charge in [0.25, 0.3) is 6.08 Å². The average molecular weight is 333 g/mol. The fourth-order valence-corrected chi connectivity index (χ4v) is 0.965. The van der Waals surface area contributed by atoms with Crippen molar-refractivity contribution in [1.82, 2.24) is 4.90 Å². The number of rotatable bonds is 2. The van der Waals surface area contributed by atoms with Gasteiger partial charge in [0, 0.05) is 0 Å². The largest absolute Gasteiger partial charge is 0.472 e. The van der Waals surface area contributed by atoms with Crippen molar-refractivity contribution in [2.45, 2.75) is 24.8 Å². The number of hydrogen-bond acceptors (Lipinski definition) is 1. The second kappa shape index (κ2) is 4.96. The van der Waals surface area contributed by atoms with Crippen LogP contribution < -0.4 is 0 Å². The molecule has 0 aromatic rings. The molecular weight excluding hydrogens is 333 g/mol. The highest BCUT2D eigenvalue weighted by Crippen LogP contribution is 2.50. The van der Waals surface area contributed by atoms with Crippen molar-refractivity contribution < 1.29 is 57.1 Å². The molecule has 0 aromatic carbocycles. The van der Waals surface area contributed by atoms with Crippen LogP contribution in [0.15, 0.2) is 11.7 Å². The monoisotopic (exact) mass is 333 g/mol. The molecule has 0 aromatic heterocycles. The first kappa shape index (κ1) is 18.8. The van der Waals surface area contributed by atoms with Gasteiger partial charge >= 0.3 is 24.8 Å². The van der Waals surface area contributed by atoms with E-state index in [1.165, 1.54) is 0 Å². The molecule has 1 nitrogen and oxygen atoms in total. The molecule has 0 saturated heterocycles. The van der Waals surface area contributed by atoms with Crippen LogP contribution in [0, 0.1) is 0 Å². The summed E-state index contributed by atoms with van der Waals surface area (Å²) in [6.45, 7) is 0. The van der Waals surface area contributed by atoms with E-state index >= 15 is 0 Å². The Balaban J connectivity index is 6.23. The minimum absolute atomic E-state index is 3.87. The third-order valence-electron chi connectivity index (χ3n) is 1.56. The Hall–Kier alpha value is -1.21. The summed E-state index contributed by atoms with van der Waals surface area (Å²) in [5.41, 5.74) is -4.56. The Labute approximate surface area is 99.8 Å². The third-order valence-corrected chi connectivity index (χ3v) is 1.56. The maximum Gasteiger partial charge on any atom is 0.472 e. The predicted octanol–water partition coefficient (Wildman–Crippen LogP) is 4.63. The van der Waals surface area contributed by atoms with Gasteiger partial charge < -0.3 is 0 Å². The van der Waals surface area contributed by atoms with Gasteiger partial charge in [-0.3, -0.25) is 0 Å². The van der Waals surface area contributed by atoms with Crippen LogP contribution in [-0.4, -0.2) is 29.7 Å². The zero-order valence-corrected chi connectivity index (χ0v) is 8.36. The molecule has 0 unspecified atom stereocenters. The molecule has 0 spiro atoms. The molecule has 0 aliphatic heterocycles. The molecule has 0 bridgehead atoms. The topological polar surface area (TPSA) is 3.24 Å². The molecule has 120 valence electrons. The van der Waals surface area contributed by atoms with Crippen LogP contribution in [0.25, 0.3) is 0 Å². The van der Waals surface area contributed by atoms with Crippen LogP contribution >= 0.6 is 0 Å². The Morgan fingerprint density at radius 2 is 0.900 bits per heavy atom. The summed E-state index contributed by atoms with van der Waals surface area (Å²) in [5, 5.41) is 0. The first-order valence-corrected chi connectivity index (χ1v) is 3.88. The van der Waals surface area contributed by atoms with Crippen molar-refractivity contribution >= 4 is 0 Å². The van der Waals surface area contributed by atoms with Crippen LogP contribution in [0.1, 0.15) is 0 Å². The lowest BCUT2D eigenvalue weighted by atomic mass is 10.2. The first-order chi connectivity index (χ1) is 8.43. The summed E-state index contributed by atoms with van der Waals surface area (Å²) in [5.74, 6) is 0. The Morgan fingerprint density at radius 3 is 1.05 bits per heavy atom. The van der Waals surface area contributed by atoms with E-state index in [1.54, 1.807) is 0 Å². The summed E-state index contributed by atoms with van der Waals surface area (Å²) in [6.07, 6.45) is -25.4. The number of alkyl halides is 11. The van der Waals surface area contributed by atoms with Crippen molar-refractivity contribution in [1.29, 1.82) is 0 Å². The molecule has 0 N–H and O–H groups in total. The van der Waals surface area contributed by atoms with Crippen LogP contribution in [-0.2, 0) is 0 Å². The smallest absolute Gasteiger partial charge is 0.183 e. The minimum Gasteiger partial charge on any atom is -0.183 e. The van der Waals surface area contributed by atoms with Crippen LogP contribution in [0.2, 0.25) is 0 Å². The zero-order valence-electron chi connectivity index (χ0n) is 8.36. The first-order valence-electron chi connectivity index (χ1n) is 3.88. The number of halogens is 13. The molecule has 0 atom stereocenters. The molecule has 0 heterocycles. The maximum atomic E-state index is 12.7. The third kappa shape index (κ3) is 3.89. The van der Waals surface area contributed by atoms with Gasteiger partial charge in [-0.25, -0.2) is 0 Å². The Kier molecular flexibility index (Phi) is 4.66. The van der Waals surface area contributed by atoms with Gasteiger partial charge in [0.15, 0.2) is 5.57 Å². The van der Waals surface area contributed by atoms with E-state index in [9.17, 15) is 57.1 Å². The predicted molar refractivity (Wildman–Crippen MR) is 34.2 cm³/mol. The van der Waals surface area contributed by atoms with Crippen molar-refractivity contribution in [2.75, 3.05) is 0 Å². The molecule has 0 aliphatic rings. The molecule has 0 fully saturated rings.